The molecule has 0 atom stereocenters. The number of fused-ring (bicyclic) bond motifs is 1. The summed E-state index contributed by atoms with van der Waals surface area (Å²) < 4.78 is 40.7. The molecular weight excluding hydrogens is 385 g/mol. The fraction of sp³-hybridized carbons (Fsp3) is 0.150. The molecule has 4 rings (SSSR count). The fourth-order valence-corrected chi connectivity index (χ4v) is 3.05. The van der Waals surface area contributed by atoms with Gasteiger partial charge in [-0.05, 0) is 36.2 Å². The van der Waals surface area contributed by atoms with E-state index in [9.17, 15) is 23.1 Å². The molecule has 0 amide bonds. The van der Waals surface area contributed by atoms with E-state index in [2.05, 4.69) is 15.0 Å². The first-order chi connectivity index (χ1) is 13.7. The van der Waals surface area contributed by atoms with Crippen LogP contribution >= 0.6 is 0 Å². The summed E-state index contributed by atoms with van der Waals surface area (Å²) in [5.74, 6) is 0.0153. The van der Waals surface area contributed by atoms with E-state index in [1.54, 1.807) is 6.20 Å². The molecule has 3 heterocycles. The number of benzene rings is 1. The Kier molecular flexibility index (Phi) is 4.37. The number of H-pyrrole nitrogens is 1. The van der Waals surface area contributed by atoms with E-state index in [1.165, 1.54) is 0 Å². The van der Waals surface area contributed by atoms with Gasteiger partial charge in [-0.3, -0.25) is 4.79 Å². The summed E-state index contributed by atoms with van der Waals surface area (Å²) in [7, 11) is 0. The molecule has 6 nitrogen and oxygen atoms in total. The molecule has 0 aliphatic heterocycles. The van der Waals surface area contributed by atoms with Gasteiger partial charge in [0.1, 0.15) is 17.4 Å². The molecule has 148 valence electrons. The van der Waals surface area contributed by atoms with Crippen LogP contribution in [0.1, 0.15) is 22.5 Å². The van der Waals surface area contributed by atoms with Crippen molar-refractivity contribution < 1.29 is 18.3 Å². The van der Waals surface area contributed by atoms with E-state index in [0.717, 1.165) is 23.0 Å². The van der Waals surface area contributed by atoms with Crippen molar-refractivity contribution in [1.29, 1.82) is 0 Å². The van der Waals surface area contributed by atoms with Crippen LogP contribution in [0.25, 0.3) is 16.7 Å². The molecule has 0 bridgehead atoms. The maximum atomic E-state index is 12.9. The summed E-state index contributed by atoms with van der Waals surface area (Å²) >= 11 is 0. The largest absolute Gasteiger partial charge is 0.507 e. The number of hydrogen-bond donors (Lipinski definition) is 2. The minimum Gasteiger partial charge on any atom is -0.507 e. The number of pyridine rings is 1. The van der Waals surface area contributed by atoms with Crippen LogP contribution in [0.15, 0.2) is 53.7 Å². The van der Waals surface area contributed by atoms with Gasteiger partial charge in [0.2, 0.25) is 0 Å². The molecule has 0 fully saturated rings. The summed E-state index contributed by atoms with van der Waals surface area (Å²) in [6.45, 7) is 1.97. The zero-order chi connectivity index (χ0) is 20.8. The van der Waals surface area contributed by atoms with Crippen molar-refractivity contribution in [2.75, 3.05) is 0 Å². The second kappa shape index (κ2) is 6.77. The monoisotopic (exact) mass is 400 g/mol. The number of aromatic amines is 1. The van der Waals surface area contributed by atoms with Gasteiger partial charge in [0.05, 0.1) is 16.5 Å². The third-order valence-electron chi connectivity index (χ3n) is 4.46. The topological polar surface area (TPSA) is 83.8 Å². The van der Waals surface area contributed by atoms with Crippen molar-refractivity contribution in [3.05, 3.63) is 81.8 Å². The lowest BCUT2D eigenvalue weighted by molar-refractivity contribution is -0.138. The number of halogens is 3. The van der Waals surface area contributed by atoms with E-state index in [4.69, 9.17) is 0 Å². The highest BCUT2D eigenvalue weighted by Crippen LogP contribution is 2.37. The van der Waals surface area contributed by atoms with Crippen molar-refractivity contribution in [2.24, 2.45) is 0 Å². The molecule has 1 aromatic carbocycles. The van der Waals surface area contributed by atoms with Crippen LogP contribution in [0.4, 0.5) is 13.2 Å². The number of aromatic nitrogens is 4. The molecule has 0 spiro atoms. The molecule has 9 heteroatoms. The minimum atomic E-state index is -4.77. The predicted molar refractivity (Wildman–Crippen MR) is 100 cm³/mol. The van der Waals surface area contributed by atoms with Gasteiger partial charge in [-0.1, -0.05) is 6.07 Å². The number of nitrogens with zero attached hydrogens (tertiary/aromatic N) is 3. The SMILES string of the molecule is Cc1ccn(-c2ccc(Cc3nc4cc(O)c(C(F)(F)F)cc4c(=O)[nH]3)cn2)c1. The number of nitrogens with one attached hydrogen (secondary N) is 1. The van der Waals surface area contributed by atoms with Crippen LogP contribution in [-0.2, 0) is 12.6 Å². The minimum absolute atomic E-state index is 0.0124. The van der Waals surface area contributed by atoms with Crippen molar-refractivity contribution in [3.8, 4) is 11.6 Å². The average Bonchev–Trinajstić information content (AvgIpc) is 3.07. The van der Waals surface area contributed by atoms with E-state index in [1.807, 2.05) is 42.1 Å². The van der Waals surface area contributed by atoms with Crippen LogP contribution in [0.5, 0.6) is 5.75 Å². The Morgan fingerprint density at radius 2 is 2.00 bits per heavy atom. The van der Waals surface area contributed by atoms with Crippen LogP contribution in [0.3, 0.4) is 0 Å². The third-order valence-corrected chi connectivity index (χ3v) is 4.46. The van der Waals surface area contributed by atoms with E-state index in [-0.39, 0.29) is 23.1 Å². The van der Waals surface area contributed by atoms with Gasteiger partial charge >= 0.3 is 6.18 Å². The normalized spacial score (nSPS) is 11.9. The third kappa shape index (κ3) is 3.71. The number of aromatic hydroxyl groups is 1. The molecule has 4 aromatic rings. The number of alkyl halides is 3. The number of phenolic OH excluding ortho intramolecular Hbond substituents is 1. The standard InChI is InChI=1S/C20H15F3N4O2/c1-11-4-5-27(10-11)18-3-2-12(9-24-18)6-17-25-15-8-16(28)14(20(21,22)23)7-13(15)19(29)26-17/h2-5,7-10,28H,6H2,1H3,(H,25,26,29). The van der Waals surface area contributed by atoms with Crippen LogP contribution < -0.4 is 5.56 Å². The highest BCUT2D eigenvalue weighted by Gasteiger charge is 2.34. The molecule has 0 radical (unpaired) electrons. The number of rotatable bonds is 3. The second-order valence-corrected chi connectivity index (χ2v) is 6.69. The summed E-state index contributed by atoms with van der Waals surface area (Å²) in [6, 6.07) is 7.06. The van der Waals surface area contributed by atoms with Crippen LogP contribution in [0, 0.1) is 6.92 Å². The Morgan fingerprint density at radius 1 is 1.21 bits per heavy atom. The van der Waals surface area contributed by atoms with E-state index < -0.39 is 23.0 Å². The quantitative estimate of drug-likeness (QED) is 0.549. The van der Waals surface area contributed by atoms with Gasteiger partial charge in [-0.25, -0.2) is 9.97 Å². The van der Waals surface area contributed by atoms with Gasteiger partial charge in [0, 0.05) is 31.1 Å². The number of phenols is 1. The first-order valence-corrected chi connectivity index (χ1v) is 8.64. The van der Waals surface area contributed by atoms with Crippen LogP contribution in [0.2, 0.25) is 0 Å². The Balaban J connectivity index is 1.65. The molecule has 0 saturated carbocycles. The molecule has 3 aromatic heterocycles. The lowest BCUT2D eigenvalue weighted by atomic mass is 10.1. The van der Waals surface area contributed by atoms with Crippen molar-refractivity contribution in [2.45, 2.75) is 19.5 Å². The van der Waals surface area contributed by atoms with Gasteiger partial charge in [0.15, 0.2) is 0 Å². The van der Waals surface area contributed by atoms with Gasteiger partial charge in [-0.15, -0.1) is 0 Å². The first-order valence-electron chi connectivity index (χ1n) is 8.64. The van der Waals surface area contributed by atoms with Gasteiger partial charge < -0.3 is 14.7 Å². The van der Waals surface area contributed by atoms with E-state index in [0.29, 0.717) is 6.07 Å². The molecule has 0 aliphatic rings. The Morgan fingerprint density at radius 3 is 2.62 bits per heavy atom. The molecule has 2 N–H and O–H groups in total. The molecule has 0 aliphatic carbocycles. The lowest BCUT2D eigenvalue weighted by Crippen LogP contribution is -2.14. The second-order valence-electron chi connectivity index (χ2n) is 6.69. The molecule has 0 unspecified atom stereocenters. The fourth-order valence-electron chi connectivity index (χ4n) is 3.05. The smallest absolute Gasteiger partial charge is 0.419 e. The molecule has 29 heavy (non-hydrogen) atoms. The van der Waals surface area contributed by atoms with Crippen LogP contribution in [-0.4, -0.2) is 24.6 Å². The predicted octanol–water partition coefficient (Wildman–Crippen LogP) is 3.73. The first kappa shape index (κ1) is 18.7. The Bertz CT molecular complexity index is 1260. The highest BCUT2D eigenvalue weighted by atomic mass is 19.4. The Labute approximate surface area is 162 Å². The zero-order valence-electron chi connectivity index (χ0n) is 15.2. The van der Waals surface area contributed by atoms with Crippen molar-refractivity contribution in [3.63, 3.8) is 0 Å². The highest BCUT2D eigenvalue weighted by molar-refractivity contribution is 5.80. The summed E-state index contributed by atoms with van der Waals surface area (Å²) in [6.07, 6.45) is 0.923. The number of hydrogen-bond acceptors (Lipinski definition) is 4. The Hall–Kier alpha value is -3.62. The maximum Gasteiger partial charge on any atom is 0.419 e. The van der Waals surface area contributed by atoms with Crippen molar-refractivity contribution in [1.82, 2.24) is 19.5 Å². The summed E-state index contributed by atoms with van der Waals surface area (Å²) in [5, 5.41) is 9.43. The van der Waals surface area contributed by atoms with Gasteiger partial charge in [-0.2, -0.15) is 13.2 Å². The summed E-state index contributed by atoms with van der Waals surface area (Å²) in [4.78, 5) is 23.3. The van der Waals surface area contributed by atoms with Crippen molar-refractivity contribution >= 4 is 10.9 Å². The molecular formula is C20H15F3N4O2. The lowest BCUT2D eigenvalue weighted by Gasteiger charge is -2.10. The van der Waals surface area contributed by atoms with Gasteiger partial charge in [0.25, 0.3) is 5.56 Å². The summed E-state index contributed by atoms with van der Waals surface area (Å²) in [5.41, 5.74) is -0.128. The maximum absolute atomic E-state index is 12.9. The molecule has 0 saturated heterocycles. The van der Waals surface area contributed by atoms with E-state index >= 15 is 0 Å². The zero-order valence-corrected chi connectivity index (χ0v) is 15.2. The average molecular weight is 400 g/mol. The number of aryl methyl sites for hydroxylation is 1.